The van der Waals surface area contributed by atoms with Crippen molar-refractivity contribution in [2.45, 2.75) is 0 Å². The summed E-state index contributed by atoms with van der Waals surface area (Å²) in [5.74, 6) is 0. The molecule has 0 unspecified atom stereocenters. The summed E-state index contributed by atoms with van der Waals surface area (Å²) in [7, 11) is -1.47. The Balaban J connectivity index is 2.25. The molecule has 0 aromatic heterocycles. The fourth-order valence-electron chi connectivity index (χ4n) is 1.54. The molecule has 2 aromatic carbocycles. The largest absolute Gasteiger partial charge is 0.488 e. The van der Waals surface area contributed by atoms with E-state index in [0.717, 1.165) is 11.4 Å². The van der Waals surface area contributed by atoms with Gasteiger partial charge in [-0.15, -0.1) is 0 Å². The SMILES string of the molecule is Nc1ccccc1Nc1cccc(B(O)O)c1. The van der Waals surface area contributed by atoms with Crippen LogP contribution >= 0.6 is 0 Å². The van der Waals surface area contributed by atoms with Crippen LogP contribution in [0.1, 0.15) is 0 Å². The molecule has 86 valence electrons. The zero-order valence-electron chi connectivity index (χ0n) is 9.17. The number of rotatable bonds is 3. The van der Waals surface area contributed by atoms with Crippen LogP contribution < -0.4 is 16.5 Å². The summed E-state index contributed by atoms with van der Waals surface area (Å²) in [4.78, 5) is 0. The molecule has 0 heterocycles. The van der Waals surface area contributed by atoms with E-state index in [1.807, 2.05) is 24.3 Å². The van der Waals surface area contributed by atoms with E-state index in [1.54, 1.807) is 24.3 Å². The first-order valence-electron chi connectivity index (χ1n) is 5.24. The van der Waals surface area contributed by atoms with E-state index in [2.05, 4.69) is 5.32 Å². The molecule has 0 aliphatic rings. The number of nitrogen functional groups attached to an aromatic ring is 1. The van der Waals surface area contributed by atoms with Crippen molar-refractivity contribution in [3.05, 3.63) is 48.5 Å². The number of hydrogen-bond acceptors (Lipinski definition) is 4. The molecule has 0 aliphatic carbocycles. The first-order chi connectivity index (χ1) is 8.16. The molecule has 0 saturated carbocycles. The van der Waals surface area contributed by atoms with E-state index >= 15 is 0 Å². The number of hydrogen-bond donors (Lipinski definition) is 4. The van der Waals surface area contributed by atoms with Crippen LogP contribution in [-0.4, -0.2) is 17.2 Å². The molecule has 4 nitrogen and oxygen atoms in total. The van der Waals surface area contributed by atoms with Gasteiger partial charge in [0.05, 0.1) is 11.4 Å². The van der Waals surface area contributed by atoms with Crippen molar-refractivity contribution in [3.63, 3.8) is 0 Å². The average molecular weight is 228 g/mol. The molecule has 0 spiro atoms. The van der Waals surface area contributed by atoms with Crippen LogP contribution in [0.4, 0.5) is 17.1 Å². The lowest BCUT2D eigenvalue weighted by atomic mass is 9.80. The smallest absolute Gasteiger partial charge is 0.423 e. The lowest BCUT2D eigenvalue weighted by molar-refractivity contribution is 0.426. The molecular formula is C12H13BN2O2. The highest BCUT2D eigenvalue weighted by molar-refractivity contribution is 6.58. The monoisotopic (exact) mass is 228 g/mol. The van der Waals surface area contributed by atoms with Gasteiger partial charge in [-0.3, -0.25) is 0 Å². The van der Waals surface area contributed by atoms with Gasteiger partial charge in [0.25, 0.3) is 0 Å². The highest BCUT2D eigenvalue weighted by atomic mass is 16.4. The molecular weight excluding hydrogens is 215 g/mol. The highest BCUT2D eigenvalue weighted by Crippen LogP contribution is 2.21. The molecule has 0 bridgehead atoms. The molecule has 5 N–H and O–H groups in total. The van der Waals surface area contributed by atoms with Crippen molar-refractivity contribution in [3.8, 4) is 0 Å². The van der Waals surface area contributed by atoms with Crippen LogP contribution in [0.2, 0.25) is 0 Å². The van der Waals surface area contributed by atoms with E-state index in [4.69, 9.17) is 15.8 Å². The summed E-state index contributed by atoms with van der Waals surface area (Å²) in [6.45, 7) is 0. The lowest BCUT2D eigenvalue weighted by Crippen LogP contribution is -2.29. The minimum atomic E-state index is -1.47. The normalized spacial score (nSPS) is 10.0. The number of benzene rings is 2. The van der Waals surface area contributed by atoms with Crippen LogP contribution in [0.25, 0.3) is 0 Å². The molecule has 0 aliphatic heterocycles. The van der Waals surface area contributed by atoms with Gasteiger partial charge >= 0.3 is 7.12 Å². The van der Waals surface area contributed by atoms with E-state index in [1.165, 1.54) is 0 Å². The molecule has 2 aromatic rings. The first kappa shape index (κ1) is 11.5. The van der Waals surface area contributed by atoms with Crippen molar-refractivity contribution in [1.82, 2.24) is 0 Å². The van der Waals surface area contributed by atoms with Crippen LogP contribution in [0.3, 0.4) is 0 Å². The summed E-state index contributed by atoms with van der Waals surface area (Å²) in [5, 5.41) is 21.3. The Labute approximate surface area is 99.9 Å². The maximum absolute atomic E-state index is 9.07. The average Bonchev–Trinajstić information content (AvgIpc) is 2.32. The van der Waals surface area contributed by atoms with Gasteiger partial charge in [0.15, 0.2) is 0 Å². The zero-order chi connectivity index (χ0) is 12.3. The molecule has 0 radical (unpaired) electrons. The predicted octanol–water partition coefficient (Wildman–Crippen LogP) is 0.692. The van der Waals surface area contributed by atoms with E-state index in [9.17, 15) is 0 Å². The molecule has 0 atom stereocenters. The Kier molecular flexibility index (Phi) is 3.32. The Morgan fingerprint density at radius 3 is 2.47 bits per heavy atom. The van der Waals surface area contributed by atoms with Crippen molar-refractivity contribution in [2.24, 2.45) is 0 Å². The Morgan fingerprint density at radius 1 is 1.00 bits per heavy atom. The second-order valence-electron chi connectivity index (χ2n) is 3.71. The fourth-order valence-corrected chi connectivity index (χ4v) is 1.54. The van der Waals surface area contributed by atoms with Crippen LogP contribution in [-0.2, 0) is 0 Å². The van der Waals surface area contributed by atoms with Crippen LogP contribution in [0, 0.1) is 0 Å². The molecule has 2 rings (SSSR count). The van der Waals surface area contributed by atoms with Gasteiger partial charge in [0, 0.05) is 5.69 Å². The van der Waals surface area contributed by atoms with E-state index in [0.29, 0.717) is 11.2 Å². The quantitative estimate of drug-likeness (QED) is 0.460. The van der Waals surface area contributed by atoms with Gasteiger partial charge in [0.2, 0.25) is 0 Å². The predicted molar refractivity (Wildman–Crippen MR) is 70.4 cm³/mol. The van der Waals surface area contributed by atoms with E-state index < -0.39 is 7.12 Å². The highest BCUT2D eigenvalue weighted by Gasteiger charge is 2.10. The lowest BCUT2D eigenvalue weighted by Gasteiger charge is -2.10. The summed E-state index contributed by atoms with van der Waals surface area (Å²) >= 11 is 0. The molecule has 17 heavy (non-hydrogen) atoms. The second kappa shape index (κ2) is 4.90. The standard InChI is InChI=1S/C12H13BN2O2/c14-11-6-1-2-7-12(11)15-10-5-3-4-9(8-10)13(16)17/h1-8,15-17H,14H2. The Bertz CT molecular complexity index is 517. The Morgan fingerprint density at radius 2 is 1.76 bits per heavy atom. The summed E-state index contributed by atoms with van der Waals surface area (Å²) in [6, 6.07) is 14.3. The van der Waals surface area contributed by atoms with Gasteiger partial charge in [-0.25, -0.2) is 0 Å². The number of nitrogens with one attached hydrogen (secondary N) is 1. The minimum absolute atomic E-state index is 0.435. The second-order valence-corrected chi connectivity index (χ2v) is 3.71. The first-order valence-corrected chi connectivity index (χ1v) is 5.24. The van der Waals surface area contributed by atoms with Crippen molar-refractivity contribution >= 4 is 29.6 Å². The topological polar surface area (TPSA) is 78.5 Å². The fraction of sp³-hybridized carbons (Fsp3) is 0. The van der Waals surface area contributed by atoms with Crippen LogP contribution in [0.5, 0.6) is 0 Å². The van der Waals surface area contributed by atoms with Gasteiger partial charge in [-0.05, 0) is 29.7 Å². The molecule has 0 fully saturated rings. The van der Waals surface area contributed by atoms with E-state index in [-0.39, 0.29) is 0 Å². The van der Waals surface area contributed by atoms with Crippen molar-refractivity contribution in [1.29, 1.82) is 0 Å². The maximum atomic E-state index is 9.07. The third-order valence-corrected chi connectivity index (χ3v) is 2.42. The van der Waals surface area contributed by atoms with Crippen molar-refractivity contribution in [2.75, 3.05) is 11.1 Å². The molecule has 5 heteroatoms. The third kappa shape index (κ3) is 2.78. The number of para-hydroxylation sites is 2. The van der Waals surface area contributed by atoms with Crippen molar-refractivity contribution < 1.29 is 10.0 Å². The zero-order valence-corrected chi connectivity index (χ0v) is 9.17. The minimum Gasteiger partial charge on any atom is -0.423 e. The number of anilines is 3. The van der Waals surface area contributed by atoms with Gasteiger partial charge in [-0.2, -0.15) is 0 Å². The van der Waals surface area contributed by atoms with Gasteiger partial charge in [0.1, 0.15) is 0 Å². The third-order valence-electron chi connectivity index (χ3n) is 2.42. The Hall–Kier alpha value is -1.98. The van der Waals surface area contributed by atoms with Crippen LogP contribution in [0.15, 0.2) is 48.5 Å². The summed E-state index contributed by atoms with van der Waals surface area (Å²) in [6.07, 6.45) is 0. The maximum Gasteiger partial charge on any atom is 0.488 e. The van der Waals surface area contributed by atoms with Gasteiger partial charge in [-0.1, -0.05) is 24.3 Å². The summed E-state index contributed by atoms with van der Waals surface area (Å²) in [5.41, 5.74) is 8.43. The summed E-state index contributed by atoms with van der Waals surface area (Å²) < 4.78 is 0. The number of nitrogens with two attached hydrogens (primary N) is 1. The molecule has 0 amide bonds. The molecule has 0 saturated heterocycles. The van der Waals surface area contributed by atoms with Gasteiger partial charge < -0.3 is 21.1 Å².